The van der Waals surface area contributed by atoms with Gasteiger partial charge in [0.15, 0.2) is 0 Å². The number of nitrogens with one attached hydrogen (secondary N) is 1. The molecule has 172 valence electrons. The molecule has 35 heavy (non-hydrogen) atoms. The van der Waals surface area contributed by atoms with Crippen molar-refractivity contribution in [2.24, 2.45) is 0 Å². The zero-order chi connectivity index (χ0) is 24.5. The first-order valence-corrected chi connectivity index (χ1v) is 10.8. The molecule has 0 spiro atoms. The van der Waals surface area contributed by atoms with E-state index in [0.29, 0.717) is 34.7 Å². The van der Waals surface area contributed by atoms with Crippen LogP contribution in [0, 0.1) is 11.8 Å². The highest BCUT2D eigenvalue weighted by Crippen LogP contribution is 2.17. The summed E-state index contributed by atoms with van der Waals surface area (Å²) >= 11 is 0. The van der Waals surface area contributed by atoms with E-state index in [4.69, 9.17) is 9.47 Å². The quantitative estimate of drug-likeness (QED) is 0.319. The molecule has 1 heterocycles. The minimum atomic E-state index is -0.412. The van der Waals surface area contributed by atoms with Crippen LogP contribution in [0.2, 0.25) is 0 Å². The predicted molar refractivity (Wildman–Crippen MR) is 133 cm³/mol. The van der Waals surface area contributed by atoms with Crippen LogP contribution in [0.4, 0.5) is 5.69 Å². The highest BCUT2D eigenvalue weighted by Gasteiger charge is 2.08. The van der Waals surface area contributed by atoms with Gasteiger partial charge >= 0.3 is 5.97 Å². The summed E-state index contributed by atoms with van der Waals surface area (Å²) in [6.07, 6.45) is 3.44. The van der Waals surface area contributed by atoms with E-state index >= 15 is 0 Å². The molecule has 0 aliphatic heterocycles. The molecule has 0 fully saturated rings. The molecule has 0 aliphatic carbocycles. The highest BCUT2D eigenvalue weighted by molar-refractivity contribution is 6.04. The van der Waals surface area contributed by atoms with Crippen molar-refractivity contribution >= 4 is 17.6 Å². The predicted octanol–water partition coefficient (Wildman–Crippen LogP) is 5.10. The molecule has 6 nitrogen and oxygen atoms in total. The lowest BCUT2D eigenvalue weighted by Gasteiger charge is -2.09. The Hall–Kier alpha value is -4.89. The Labute approximate surface area is 203 Å². The topological polar surface area (TPSA) is 77.5 Å². The number of anilines is 1. The van der Waals surface area contributed by atoms with Crippen LogP contribution in [-0.2, 0) is 11.3 Å². The van der Waals surface area contributed by atoms with Gasteiger partial charge in [0, 0.05) is 40.3 Å². The normalized spacial score (nSPS) is 9.97. The van der Waals surface area contributed by atoms with Crippen molar-refractivity contribution in [3.63, 3.8) is 0 Å². The Morgan fingerprint density at radius 3 is 2.37 bits per heavy atom. The number of pyridine rings is 1. The number of nitrogens with zero attached hydrogens (tertiary/aromatic N) is 1. The number of carbonyl (C=O) groups is 2. The molecule has 0 aliphatic rings. The van der Waals surface area contributed by atoms with E-state index in [1.165, 1.54) is 7.11 Å². The smallest absolute Gasteiger partial charge is 0.337 e. The monoisotopic (exact) mass is 462 g/mol. The largest absolute Gasteiger partial charge is 0.489 e. The van der Waals surface area contributed by atoms with Crippen LogP contribution < -0.4 is 10.1 Å². The summed E-state index contributed by atoms with van der Waals surface area (Å²) in [5.41, 5.74) is 3.88. The number of aromatic nitrogens is 1. The Balaban J connectivity index is 1.42. The Bertz CT molecular complexity index is 1400. The molecule has 0 saturated heterocycles. The summed E-state index contributed by atoms with van der Waals surface area (Å²) in [6.45, 7) is 0.363. The maximum absolute atomic E-state index is 12.8. The summed E-state index contributed by atoms with van der Waals surface area (Å²) in [6, 6.07) is 24.9. The number of carbonyl (C=O) groups excluding carboxylic acids is 2. The van der Waals surface area contributed by atoms with Gasteiger partial charge < -0.3 is 14.8 Å². The van der Waals surface area contributed by atoms with Crippen LogP contribution in [-0.4, -0.2) is 24.0 Å². The minimum Gasteiger partial charge on any atom is -0.489 e. The van der Waals surface area contributed by atoms with E-state index in [1.54, 1.807) is 67.0 Å². The number of amides is 1. The number of hydrogen-bond donors (Lipinski definition) is 1. The number of hydrogen-bond acceptors (Lipinski definition) is 5. The molecular weight excluding hydrogens is 440 g/mol. The third-order valence-corrected chi connectivity index (χ3v) is 4.98. The molecule has 4 rings (SSSR count). The van der Waals surface area contributed by atoms with Crippen molar-refractivity contribution < 1.29 is 19.1 Å². The van der Waals surface area contributed by atoms with Gasteiger partial charge in [-0.3, -0.25) is 9.78 Å². The lowest BCUT2D eigenvalue weighted by molar-refractivity contribution is 0.0600. The van der Waals surface area contributed by atoms with E-state index in [1.807, 2.05) is 30.3 Å². The molecular formula is C29H22N2O4. The fourth-order valence-electron chi connectivity index (χ4n) is 3.24. The maximum Gasteiger partial charge on any atom is 0.337 e. The third-order valence-electron chi connectivity index (χ3n) is 4.98. The van der Waals surface area contributed by atoms with E-state index < -0.39 is 5.97 Å². The van der Waals surface area contributed by atoms with Crippen molar-refractivity contribution in [3.8, 4) is 17.6 Å². The number of esters is 1. The van der Waals surface area contributed by atoms with Crippen LogP contribution in [0.15, 0.2) is 97.3 Å². The van der Waals surface area contributed by atoms with Gasteiger partial charge in [0.25, 0.3) is 5.91 Å². The molecule has 0 unspecified atom stereocenters. The van der Waals surface area contributed by atoms with E-state index in [9.17, 15) is 9.59 Å². The van der Waals surface area contributed by atoms with Crippen molar-refractivity contribution in [1.82, 2.24) is 4.98 Å². The molecule has 4 aromatic rings. The first-order valence-electron chi connectivity index (χ1n) is 10.8. The first kappa shape index (κ1) is 23.3. The standard InChI is InChI=1S/C29H22N2O4/c1-34-29(33)25-10-2-6-21(16-25)13-14-22-7-3-11-26(17-22)31-28(32)24-9-4-12-27(18-24)35-20-23-8-5-15-30-19-23/h2-12,15-19H,20H2,1H3,(H,31,32). The van der Waals surface area contributed by atoms with Gasteiger partial charge in [0.2, 0.25) is 0 Å². The number of benzene rings is 3. The lowest BCUT2D eigenvalue weighted by atomic mass is 10.1. The molecule has 6 heteroatoms. The minimum absolute atomic E-state index is 0.257. The molecule has 0 atom stereocenters. The van der Waals surface area contributed by atoms with Crippen LogP contribution in [0.1, 0.15) is 37.4 Å². The Morgan fingerprint density at radius 2 is 1.60 bits per heavy atom. The zero-order valence-electron chi connectivity index (χ0n) is 19.0. The molecule has 1 amide bonds. The maximum atomic E-state index is 12.8. The first-order chi connectivity index (χ1) is 17.1. The Kier molecular flexibility index (Phi) is 7.52. The third kappa shape index (κ3) is 6.56. The molecule has 1 N–H and O–H groups in total. The van der Waals surface area contributed by atoms with Crippen molar-refractivity contribution in [2.75, 3.05) is 12.4 Å². The van der Waals surface area contributed by atoms with Gasteiger partial charge in [-0.05, 0) is 60.7 Å². The number of rotatable bonds is 6. The number of ether oxygens (including phenoxy) is 2. The van der Waals surface area contributed by atoms with E-state index in [0.717, 1.165) is 11.1 Å². The van der Waals surface area contributed by atoms with Crippen LogP contribution in [0.25, 0.3) is 0 Å². The molecule has 0 saturated carbocycles. The molecule has 0 radical (unpaired) electrons. The lowest BCUT2D eigenvalue weighted by Crippen LogP contribution is -2.12. The highest BCUT2D eigenvalue weighted by atomic mass is 16.5. The summed E-state index contributed by atoms with van der Waals surface area (Å²) in [7, 11) is 1.34. The fourth-order valence-corrected chi connectivity index (χ4v) is 3.24. The second-order valence-electron chi connectivity index (χ2n) is 7.54. The molecule has 1 aromatic heterocycles. The van der Waals surface area contributed by atoms with Crippen LogP contribution in [0.3, 0.4) is 0 Å². The van der Waals surface area contributed by atoms with E-state index in [-0.39, 0.29) is 5.91 Å². The second-order valence-corrected chi connectivity index (χ2v) is 7.54. The summed E-state index contributed by atoms with van der Waals surface area (Å²) in [4.78, 5) is 28.6. The Morgan fingerprint density at radius 1 is 0.857 bits per heavy atom. The fraction of sp³-hybridized carbons (Fsp3) is 0.0690. The van der Waals surface area contributed by atoms with Crippen LogP contribution >= 0.6 is 0 Å². The van der Waals surface area contributed by atoms with Crippen molar-refractivity contribution in [1.29, 1.82) is 0 Å². The number of methoxy groups -OCH3 is 1. The van der Waals surface area contributed by atoms with Crippen molar-refractivity contribution in [3.05, 3.63) is 125 Å². The van der Waals surface area contributed by atoms with Crippen molar-refractivity contribution in [2.45, 2.75) is 6.61 Å². The molecule has 0 bridgehead atoms. The second kappa shape index (κ2) is 11.3. The summed E-state index contributed by atoms with van der Waals surface area (Å²) in [5, 5.41) is 2.90. The summed E-state index contributed by atoms with van der Waals surface area (Å²) in [5.74, 6) is 6.02. The average molecular weight is 463 g/mol. The molecule has 3 aromatic carbocycles. The van der Waals surface area contributed by atoms with Crippen LogP contribution in [0.5, 0.6) is 5.75 Å². The van der Waals surface area contributed by atoms with Gasteiger partial charge in [-0.2, -0.15) is 0 Å². The van der Waals surface area contributed by atoms with Gasteiger partial charge in [-0.1, -0.05) is 36.1 Å². The van der Waals surface area contributed by atoms with E-state index in [2.05, 4.69) is 22.1 Å². The van der Waals surface area contributed by atoms with Gasteiger partial charge in [0.05, 0.1) is 12.7 Å². The van der Waals surface area contributed by atoms with Gasteiger partial charge in [-0.15, -0.1) is 0 Å². The summed E-state index contributed by atoms with van der Waals surface area (Å²) < 4.78 is 10.5. The zero-order valence-corrected chi connectivity index (χ0v) is 19.0. The van der Waals surface area contributed by atoms with Gasteiger partial charge in [-0.25, -0.2) is 4.79 Å². The SMILES string of the molecule is COC(=O)c1cccc(C#Cc2cccc(NC(=O)c3cccc(OCc4cccnc4)c3)c2)c1. The van der Waals surface area contributed by atoms with Gasteiger partial charge in [0.1, 0.15) is 12.4 Å². The average Bonchev–Trinajstić information content (AvgIpc) is 2.91.